The first-order chi connectivity index (χ1) is 8.14. The molecule has 0 aliphatic carbocycles. The van der Waals surface area contributed by atoms with Gasteiger partial charge in [-0.05, 0) is 42.7 Å². The van der Waals surface area contributed by atoms with Gasteiger partial charge in [-0.3, -0.25) is 0 Å². The highest BCUT2D eigenvalue weighted by atomic mass is 16.5. The molecule has 0 bridgehead atoms. The molecule has 1 aliphatic heterocycles. The van der Waals surface area contributed by atoms with E-state index < -0.39 is 0 Å². The summed E-state index contributed by atoms with van der Waals surface area (Å²) in [5.41, 5.74) is 0.246. The summed E-state index contributed by atoms with van der Waals surface area (Å²) in [6, 6.07) is 0.174. The second-order valence-electron chi connectivity index (χ2n) is 5.13. The number of ether oxygens (including phenoxy) is 1. The molecule has 0 radical (unpaired) electrons. The molecule has 1 unspecified atom stereocenters. The van der Waals surface area contributed by atoms with Gasteiger partial charge in [0.05, 0.1) is 12.6 Å². The van der Waals surface area contributed by atoms with Crippen LogP contribution in [-0.2, 0) is 11.3 Å². The van der Waals surface area contributed by atoms with Crippen LogP contribution in [0.2, 0.25) is 0 Å². The maximum Gasteiger partial charge on any atom is 0.167 e. The molecule has 96 valence electrons. The molecule has 2 heterocycles. The van der Waals surface area contributed by atoms with Crippen molar-refractivity contribution in [3.63, 3.8) is 0 Å². The Balaban J connectivity index is 2.10. The summed E-state index contributed by atoms with van der Waals surface area (Å²) >= 11 is 0. The molecule has 0 amide bonds. The normalized spacial score (nSPS) is 21.4. The highest BCUT2D eigenvalue weighted by Gasteiger charge is 2.29. The van der Waals surface area contributed by atoms with E-state index in [-0.39, 0.29) is 11.5 Å². The SMILES string of the molecule is CNC(C)c1nnnn1CC1(C)CCOCC1. The average molecular weight is 239 g/mol. The quantitative estimate of drug-likeness (QED) is 0.840. The molecular weight excluding hydrogens is 218 g/mol. The minimum absolute atomic E-state index is 0.174. The van der Waals surface area contributed by atoms with Crippen molar-refractivity contribution in [3.8, 4) is 0 Å². The minimum atomic E-state index is 0.174. The molecule has 2 rings (SSSR count). The van der Waals surface area contributed by atoms with Crippen LogP contribution >= 0.6 is 0 Å². The van der Waals surface area contributed by atoms with Crippen molar-refractivity contribution in [2.75, 3.05) is 20.3 Å². The summed E-state index contributed by atoms with van der Waals surface area (Å²) in [5.74, 6) is 0.903. The number of hydrogen-bond donors (Lipinski definition) is 1. The molecule has 1 aromatic heterocycles. The Bertz CT molecular complexity index is 358. The van der Waals surface area contributed by atoms with Crippen molar-refractivity contribution >= 4 is 0 Å². The summed E-state index contributed by atoms with van der Waals surface area (Å²) in [7, 11) is 1.92. The summed E-state index contributed by atoms with van der Waals surface area (Å²) in [6.45, 7) is 6.90. The Labute approximate surface area is 102 Å². The fourth-order valence-electron chi connectivity index (χ4n) is 2.15. The van der Waals surface area contributed by atoms with Crippen LogP contribution < -0.4 is 5.32 Å². The first-order valence-corrected chi connectivity index (χ1v) is 6.16. The molecule has 0 aromatic carbocycles. The zero-order valence-corrected chi connectivity index (χ0v) is 10.8. The van der Waals surface area contributed by atoms with Crippen LogP contribution in [0.15, 0.2) is 0 Å². The van der Waals surface area contributed by atoms with E-state index in [1.165, 1.54) is 0 Å². The first kappa shape index (κ1) is 12.4. The van der Waals surface area contributed by atoms with Gasteiger partial charge < -0.3 is 10.1 Å². The fourth-order valence-corrected chi connectivity index (χ4v) is 2.15. The molecule has 1 aromatic rings. The van der Waals surface area contributed by atoms with Crippen molar-refractivity contribution in [2.24, 2.45) is 5.41 Å². The van der Waals surface area contributed by atoms with Crippen LogP contribution in [0.1, 0.15) is 38.6 Å². The van der Waals surface area contributed by atoms with Gasteiger partial charge in [0.2, 0.25) is 0 Å². The lowest BCUT2D eigenvalue weighted by Gasteiger charge is -2.33. The monoisotopic (exact) mass is 239 g/mol. The molecule has 1 aliphatic rings. The lowest BCUT2D eigenvalue weighted by Crippen LogP contribution is -2.32. The van der Waals surface area contributed by atoms with E-state index in [0.29, 0.717) is 0 Å². The maximum absolute atomic E-state index is 5.41. The number of nitrogens with one attached hydrogen (secondary N) is 1. The molecule has 17 heavy (non-hydrogen) atoms. The predicted molar refractivity (Wildman–Crippen MR) is 63.5 cm³/mol. The van der Waals surface area contributed by atoms with Gasteiger partial charge in [0.25, 0.3) is 0 Å². The van der Waals surface area contributed by atoms with E-state index in [1.54, 1.807) is 0 Å². The van der Waals surface area contributed by atoms with E-state index in [1.807, 2.05) is 11.7 Å². The van der Waals surface area contributed by atoms with Gasteiger partial charge in [0.15, 0.2) is 5.82 Å². The van der Waals surface area contributed by atoms with Crippen molar-refractivity contribution < 1.29 is 4.74 Å². The third-order valence-electron chi connectivity index (χ3n) is 3.61. The minimum Gasteiger partial charge on any atom is -0.381 e. The molecule has 6 heteroatoms. The van der Waals surface area contributed by atoms with Crippen LogP contribution in [0.3, 0.4) is 0 Å². The fraction of sp³-hybridized carbons (Fsp3) is 0.909. The molecule has 0 saturated carbocycles. The molecule has 1 fully saturated rings. The molecule has 1 atom stereocenters. The van der Waals surface area contributed by atoms with Gasteiger partial charge >= 0.3 is 0 Å². The van der Waals surface area contributed by atoms with Crippen LogP contribution in [0.5, 0.6) is 0 Å². The Morgan fingerprint density at radius 2 is 2.18 bits per heavy atom. The first-order valence-electron chi connectivity index (χ1n) is 6.16. The van der Waals surface area contributed by atoms with E-state index in [4.69, 9.17) is 4.74 Å². The number of tetrazole rings is 1. The highest BCUT2D eigenvalue weighted by Crippen LogP contribution is 2.31. The summed E-state index contributed by atoms with van der Waals surface area (Å²) < 4.78 is 7.33. The van der Waals surface area contributed by atoms with Gasteiger partial charge in [0.1, 0.15) is 0 Å². The molecule has 6 nitrogen and oxygen atoms in total. The Hall–Kier alpha value is -1.01. The van der Waals surface area contributed by atoms with Gasteiger partial charge in [-0.1, -0.05) is 6.92 Å². The maximum atomic E-state index is 5.41. The van der Waals surface area contributed by atoms with Crippen LogP contribution in [-0.4, -0.2) is 40.5 Å². The second kappa shape index (κ2) is 5.10. The lowest BCUT2D eigenvalue weighted by atomic mass is 9.82. The van der Waals surface area contributed by atoms with Crippen molar-refractivity contribution in [3.05, 3.63) is 5.82 Å². The average Bonchev–Trinajstić information content (AvgIpc) is 2.76. The van der Waals surface area contributed by atoms with E-state index >= 15 is 0 Å². The number of rotatable bonds is 4. The molecule has 1 saturated heterocycles. The van der Waals surface area contributed by atoms with Crippen molar-refractivity contribution in [1.82, 2.24) is 25.5 Å². The van der Waals surface area contributed by atoms with Gasteiger partial charge in [-0.25, -0.2) is 4.68 Å². The third kappa shape index (κ3) is 2.81. The zero-order valence-electron chi connectivity index (χ0n) is 10.8. The molecular formula is C11H21N5O. The summed E-state index contributed by atoms with van der Waals surface area (Å²) in [5, 5.41) is 15.1. The second-order valence-corrected chi connectivity index (χ2v) is 5.13. The zero-order chi connectivity index (χ0) is 12.3. The topological polar surface area (TPSA) is 64.9 Å². The molecule has 1 N–H and O–H groups in total. The third-order valence-corrected chi connectivity index (χ3v) is 3.61. The van der Waals surface area contributed by atoms with Gasteiger partial charge in [0, 0.05) is 13.2 Å². The summed E-state index contributed by atoms with van der Waals surface area (Å²) in [4.78, 5) is 0. The number of hydrogen-bond acceptors (Lipinski definition) is 5. The van der Waals surface area contributed by atoms with Gasteiger partial charge in [-0.2, -0.15) is 0 Å². The highest BCUT2D eigenvalue weighted by molar-refractivity contribution is 4.91. The van der Waals surface area contributed by atoms with Crippen LogP contribution in [0.25, 0.3) is 0 Å². The van der Waals surface area contributed by atoms with E-state index in [0.717, 1.165) is 38.4 Å². The van der Waals surface area contributed by atoms with Gasteiger partial charge in [-0.15, -0.1) is 5.10 Å². The largest absolute Gasteiger partial charge is 0.381 e. The van der Waals surface area contributed by atoms with Crippen molar-refractivity contribution in [2.45, 2.75) is 39.3 Å². The van der Waals surface area contributed by atoms with E-state index in [9.17, 15) is 0 Å². The Morgan fingerprint density at radius 1 is 1.47 bits per heavy atom. The number of nitrogens with zero attached hydrogens (tertiary/aromatic N) is 4. The molecule has 0 spiro atoms. The Kier molecular flexibility index (Phi) is 3.73. The predicted octanol–water partition coefficient (Wildman–Crippen LogP) is 0.770. The lowest BCUT2D eigenvalue weighted by molar-refractivity contribution is 0.0130. The number of aromatic nitrogens is 4. The van der Waals surface area contributed by atoms with Crippen LogP contribution in [0.4, 0.5) is 0 Å². The van der Waals surface area contributed by atoms with Crippen LogP contribution in [0, 0.1) is 5.41 Å². The Morgan fingerprint density at radius 3 is 2.82 bits per heavy atom. The van der Waals surface area contributed by atoms with Crippen molar-refractivity contribution in [1.29, 1.82) is 0 Å². The summed E-state index contributed by atoms with van der Waals surface area (Å²) in [6.07, 6.45) is 2.14. The smallest absolute Gasteiger partial charge is 0.167 e. The standard InChI is InChI=1S/C11H21N5O/c1-9(12-3)10-13-14-15-16(10)8-11(2)4-6-17-7-5-11/h9,12H,4-8H2,1-3H3. The van der Waals surface area contributed by atoms with E-state index in [2.05, 4.69) is 34.7 Å².